The lowest BCUT2D eigenvalue weighted by atomic mass is 9.90. The molecule has 430 valence electrons. The van der Waals surface area contributed by atoms with Gasteiger partial charge in [0, 0.05) is 91.5 Å². The highest BCUT2D eigenvalue weighted by atomic mass is 35.5. The number of rotatable bonds is 21. The molecule has 2 heterocycles. The van der Waals surface area contributed by atoms with Gasteiger partial charge in [-0.2, -0.15) is 0 Å². The monoisotopic (exact) mass is 1150 g/mol. The molecule has 4 amide bonds. The van der Waals surface area contributed by atoms with E-state index in [1.165, 1.54) is 23.3 Å². The van der Waals surface area contributed by atoms with E-state index in [2.05, 4.69) is 93.5 Å². The number of nitrogens with zero attached hydrogens (tertiary/aromatic N) is 4. The summed E-state index contributed by atoms with van der Waals surface area (Å²) in [6, 6.07) is 48.6. The molecule has 17 heteroatoms. The van der Waals surface area contributed by atoms with E-state index >= 15 is 0 Å². The van der Waals surface area contributed by atoms with Crippen LogP contribution in [0.4, 0.5) is 4.39 Å². The number of carbonyl (C=O) groups excluding carboxylic acids is 4. The Kier molecular flexibility index (Phi) is 22.2. The molecule has 0 spiro atoms. The SMILES string of the molecule is CCN(CC)CC[C@@H]1N[C@H](CNC(=O)c2ccc3cc(F)ccc3c2)CCN(CC(c2ccccc2)c2ccccc2)C1=O.NC(N)=NCCC[C@@H]1N[C@H](CNC(=O)c2ccc3ccccc3c2)CCN(Cc2cc(Cl)cc(Cl)c2)C1=O. The second kappa shape index (κ2) is 30.1. The molecule has 0 aliphatic carbocycles. The van der Waals surface area contributed by atoms with Gasteiger partial charge in [-0.3, -0.25) is 24.2 Å². The first-order valence-corrected chi connectivity index (χ1v) is 29.2. The molecule has 7 aromatic carbocycles. The fraction of sp³-hybridized carbons (Fsp3) is 0.338. The minimum absolute atomic E-state index is 0.0193. The summed E-state index contributed by atoms with van der Waals surface area (Å²) in [4.78, 5) is 63.9. The van der Waals surface area contributed by atoms with E-state index in [4.69, 9.17) is 34.7 Å². The van der Waals surface area contributed by atoms with Crippen molar-refractivity contribution in [1.82, 2.24) is 36.0 Å². The molecule has 82 heavy (non-hydrogen) atoms. The average molecular weight is 1150 g/mol. The van der Waals surface area contributed by atoms with Gasteiger partial charge in [0.05, 0.1) is 12.1 Å². The van der Waals surface area contributed by atoms with Crippen molar-refractivity contribution in [3.8, 4) is 0 Å². The van der Waals surface area contributed by atoms with Gasteiger partial charge in [0.1, 0.15) is 5.82 Å². The summed E-state index contributed by atoms with van der Waals surface area (Å²) in [5.74, 6) is -0.451. The van der Waals surface area contributed by atoms with E-state index < -0.39 is 6.04 Å². The van der Waals surface area contributed by atoms with E-state index in [0.717, 1.165) is 53.2 Å². The van der Waals surface area contributed by atoms with Crippen molar-refractivity contribution >= 4 is 74.3 Å². The maximum atomic E-state index is 14.1. The number of nitrogens with two attached hydrogens (primary N) is 2. The molecule has 2 aliphatic heterocycles. The first-order chi connectivity index (χ1) is 39.7. The van der Waals surface area contributed by atoms with Crippen molar-refractivity contribution in [3.05, 3.63) is 201 Å². The Labute approximate surface area is 490 Å². The van der Waals surface area contributed by atoms with Crippen molar-refractivity contribution in [2.45, 2.75) is 82.6 Å². The molecule has 4 atom stereocenters. The molecular formula is C65H75Cl2FN10O4. The van der Waals surface area contributed by atoms with Crippen LogP contribution in [0.5, 0.6) is 0 Å². The Bertz CT molecular complexity index is 3230. The van der Waals surface area contributed by atoms with Gasteiger partial charge in [0.15, 0.2) is 5.96 Å². The second-order valence-corrected chi connectivity index (χ2v) is 21.9. The number of amides is 4. The topological polar surface area (TPSA) is 191 Å². The van der Waals surface area contributed by atoms with Crippen molar-refractivity contribution in [2.75, 3.05) is 58.9 Å². The molecule has 9 rings (SSSR count). The van der Waals surface area contributed by atoms with Crippen molar-refractivity contribution < 1.29 is 23.6 Å². The van der Waals surface area contributed by atoms with Gasteiger partial charge < -0.3 is 47.4 Å². The highest BCUT2D eigenvalue weighted by molar-refractivity contribution is 6.34. The third-order valence-electron chi connectivity index (χ3n) is 15.4. The molecule has 0 bridgehead atoms. The highest BCUT2D eigenvalue weighted by Gasteiger charge is 2.34. The summed E-state index contributed by atoms with van der Waals surface area (Å²) < 4.78 is 13.6. The van der Waals surface area contributed by atoms with Gasteiger partial charge >= 0.3 is 0 Å². The van der Waals surface area contributed by atoms with Crippen LogP contribution in [0.1, 0.15) is 89.3 Å². The maximum Gasteiger partial charge on any atom is 0.251 e. The first-order valence-electron chi connectivity index (χ1n) is 28.4. The molecule has 2 saturated heterocycles. The maximum absolute atomic E-state index is 14.1. The lowest BCUT2D eigenvalue weighted by Crippen LogP contribution is -2.50. The van der Waals surface area contributed by atoms with Crippen molar-refractivity contribution in [3.63, 3.8) is 0 Å². The third-order valence-corrected chi connectivity index (χ3v) is 15.8. The molecular weight excluding hydrogens is 1070 g/mol. The molecule has 14 nitrogen and oxygen atoms in total. The van der Waals surface area contributed by atoms with Gasteiger partial charge in [0.25, 0.3) is 11.8 Å². The fourth-order valence-corrected chi connectivity index (χ4v) is 11.4. The summed E-state index contributed by atoms with van der Waals surface area (Å²) in [5.41, 5.74) is 15.2. The zero-order valence-electron chi connectivity index (χ0n) is 46.7. The molecule has 0 unspecified atom stereocenters. The van der Waals surface area contributed by atoms with Crippen LogP contribution < -0.4 is 32.7 Å². The number of benzene rings is 7. The Balaban J connectivity index is 0.000000217. The number of nitrogens with one attached hydrogen (secondary N) is 4. The van der Waals surface area contributed by atoms with E-state index in [1.807, 2.05) is 76.5 Å². The molecule has 2 aliphatic rings. The molecule has 0 saturated carbocycles. The average Bonchev–Trinajstić information content (AvgIpc) is 3.88. The van der Waals surface area contributed by atoms with Crippen LogP contribution in [-0.4, -0.2) is 127 Å². The van der Waals surface area contributed by atoms with Crippen LogP contribution in [0, 0.1) is 5.82 Å². The number of carbonyl (C=O) groups is 4. The van der Waals surface area contributed by atoms with E-state index in [-0.39, 0.29) is 59.4 Å². The Morgan fingerprint density at radius 3 is 1.73 bits per heavy atom. The van der Waals surface area contributed by atoms with Crippen LogP contribution in [-0.2, 0) is 16.1 Å². The van der Waals surface area contributed by atoms with Crippen LogP contribution in [0.25, 0.3) is 21.5 Å². The summed E-state index contributed by atoms with van der Waals surface area (Å²) in [6.45, 7) is 10.3. The number of hydrogen-bond donors (Lipinski definition) is 6. The predicted octanol–water partition coefficient (Wildman–Crippen LogP) is 9.52. The summed E-state index contributed by atoms with van der Waals surface area (Å²) >= 11 is 12.4. The quantitative estimate of drug-likeness (QED) is 0.0231. The van der Waals surface area contributed by atoms with Crippen LogP contribution in [0.3, 0.4) is 0 Å². The highest BCUT2D eigenvalue weighted by Crippen LogP contribution is 2.28. The summed E-state index contributed by atoms with van der Waals surface area (Å²) in [6.07, 6.45) is 3.28. The Morgan fingerprint density at radius 2 is 1.15 bits per heavy atom. The minimum Gasteiger partial charge on any atom is -0.370 e. The lowest BCUT2D eigenvalue weighted by Gasteiger charge is -2.30. The number of hydrogen-bond acceptors (Lipinski definition) is 8. The summed E-state index contributed by atoms with van der Waals surface area (Å²) in [7, 11) is 0. The van der Waals surface area contributed by atoms with Crippen LogP contribution >= 0.6 is 23.2 Å². The largest absolute Gasteiger partial charge is 0.370 e. The zero-order valence-corrected chi connectivity index (χ0v) is 48.2. The Morgan fingerprint density at radius 1 is 0.646 bits per heavy atom. The van der Waals surface area contributed by atoms with Gasteiger partial charge in [-0.25, -0.2) is 4.39 Å². The predicted molar refractivity (Wildman–Crippen MR) is 329 cm³/mol. The van der Waals surface area contributed by atoms with Crippen molar-refractivity contribution in [2.24, 2.45) is 16.5 Å². The Hall–Kier alpha value is -7.40. The van der Waals surface area contributed by atoms with Gasteiger partial charge in [0.2, 0.25) is 11.8 Å². The van der Waals surface area contributed by atoms with Crippen LogP contribution in [0.15, 0.2) is 163 Å². The number of guanidine groups is 1. The van der Waals surface area contributed by atoms with Crippen molar-refractivity contribution in [1.29, 1.82) is 0 Å². The fourth-order valence-electron chi connectivity index (χ4n) is 10.8. The molecule has 7 aromatic rings. The summed E-state index contributed by atoms with van der Waals surface area (Å²) in [5, 5.41) is 17.9. The third kappa shape index (κ3) is 17.3. The van der Waals surface area contributed by atoms with E-state index in [1.54, 1.807) is 30.3 Å². The molecule has 0 aromatic heterocycles. The van der Waals surface area contributed by atoms with Crippen LogP contribution in [0.2, 0.25) is 10.0 Å². The standard InChI is InChI=1S/C37H43FN4O2.C28H32Cl2N6O2/c1-3-41(4-2)21-20-35-37(44)42(26-34(27-11-7-5-8-12-27)28-13-9-6-10-14-28)22-19-33(40-35)25-39-36(43)31-16-15-30-24-32(38)18-17-29(30)23-31;29-22-12-18(13-23(30)15-22)17-36-11-9-24(35-25(27(36)38)6-3-10-33-28(31)32)16-34-26(37)21-8-7-19-4-1-2-5-20(19)14-21/h5-18,23-24,33-35,40H,3-4,19-22,25-26H2,1-2H3,(H,39,43);1-2,4-5,7-8,12-15,24-25,35H,3,6,9-11,16-17H2,(H,34,37)(H4,31,32,33)/t33-,35-;24-,25-/m00/s1. The second-order valence-electron chi connectivity index (χ2n) is 21.1. The first kappa shape index (κ1) is 60.7. The number of halogens is 3. The lowest BCUT2D eigenvalue weighted by molar-refractivity contribution is -0.134. The normalized spacial score (nSPS) is 17.5. The molecule has 0 radical (unpaired) electrons. The van der Waals surface area contributed by atoms with E-state index in [0.29, 0.717) is 92.7 Å². The molecule has 8 N–H and O–H groups in total. The van der Waals surface area contributed by atoms with Gasteiger partial charge in [-0.15, -0.1) is 0 Å². The minimum atomic E-state index is -0.441. The van der Waals surface area contributed by atoms with Gasteiger partial charge in [-0.05, 0) is 138 Å². The molecule has 2 fully saturated rings. The van der Waals surface area contributed by atoms with E-state index in [9.17, 15) is 23.6 Å². The number of aliphatic imine (C=N–C) groups is 1. The number of fused-ring (bicyclic) bond motifs is 2. The zero-order chi connectivity index (χ0) is 58.0. The van der Waals surface area contributed by atoms with Gasteiger partial charge in [-0.1, -0.05) is 140 Å². The smallest absolute Gasteiger partial charge is 0.251 e.